The van der Waals surface area contributed by atoms with E-state index in [1.807, 2.05) is 42.5 Å². The molecule has 1 unspecified atom stereocenters. The highest BCUT2D eigenvalue weighted by Crippen LogP contribution is 2.19. The molecule has 1 atom stereocenters. The van der Waals surface area contributed by atoms with Gasteiger partial charge >= 0.3 is 0 Å². The van der Waals surface area contributed by atoms with Crippen molar-refractivity contribution in [3.05, 3.63) is 65.6 Å². The minimum atomic E-state index is -0.747. The number of rotatable bonds is 6. The fourth-order valence-electron chi connectivity index (χ4n) is 1.80. The zero-order valence-electron chi connectivity index (χ0n) is 10.7. The minimum Gasteiger partial charge on any atom is -0.463 e. The smallest absolute Gasteiger partial charge is 0.136 e. The third-order valence-electron chi connectivity index (χ3n) is 2.83. The molecule has 2 N–H and O–H groups in total. The van der Waals surface area contributed by atoms with Gasteiger partial charge in [0.15, 0.2) is 0 Å². The van der Waals surface area contributed by atoms with Crippen molar-refractivity contribution in [3.63, 3.8) is 0 Å². The van der Waals surface area contributed by atoms with E-state index < -0.39 is 6.10 Å². The Bertz CT molecular complexity index is 514. The Morgan fingerprint density at radius 3 is 2.63 bits per heavy atom. The van der Waals surface area contributed by atoms with Gasteiger partial charge in [-0.3, -0.25) is 0 Å². The van der Waals surface area contributed by atoms with Gasteiger partial charge in [0.1, 0.15) is 17.6 Å². The minimum absolute atomic E-state index is 0.145. The van der Waals surface area contributed by atoms with Crippen molar-refractivity contribution in [2.75, 3.05) is 6.61 Å². The molecular formula is C16H18O3. The first-order valence-corrected chi connectivity index (χ1v) is 6.40. The van der Waals surface area contributed by atoms with Gasteiger partial charge in [-0.05, 0) is 30.2 Å². The molecule has 0 amide bonds. The summed E-state index contributed by atoms with van der Waals surface area (Å²) >= 11 is 0. The average Bonchev–Trinajstić information content (AvgIpc) is 2.92. The van der Waals surface area contributed by atoms with Crippen LogP contribution in [0.2, 0.25) is 0 Å². The third-order valence-corrected chi connectivity index (χ3v) is 2.83. The number of hydrogen-bond donors (Lipinski definition) is 2. The standard InChI is InChI=1S/C16H18O3/c17-12-4-7-14-9-11-16(19-14)15(18)10-8-13-5-2-1-3-6-13/h1-3,5-6,8-11,15,17-18H,4,7,12H2/b10-8+. The van der Waals surface area contributed by atoms with Crippen LogP contribution in [0.4, 0.5) is 0 Å². The Morgan fingerprint density at radius 1 is 1.11 bits per heavy atom. The lowest BCUT2D eigenvalue weighted by Crippen LogP contribution is -1.90. The Balaban J connectivity index is 1.97. The van der Waals surface area contributed by atoms with E-state index in [9.17, 15) is 5.11 Å². The molecule has 1 aromatic heterocycles. The highest BCUT2D eigenvalue weighted by Gasteiger charge is 2.08. The molecule has 3 heteroatoms. The third kappa shape index (κ3) is 4.09. The molecule has 0 radical (unpaired) electrons. The second kappa shape index (κ2) is 6.92. The van der Waals surface area contributed by atoms with E-state index in [0.29, 0.717) is 18.6 Å². The van der Waals surface area contributed by atoms with Crippen molar-refractivity contribution in [2.45, 2.75) is 18.9 Å². The molecule has 0 spiro atoms. The van der Waals surface area contributed by atoms with E-state index in [4.69, 9.17) is 9.52 Å². The molecule has 100 valence electrons. The van der Waals surface area contributed by atoms with Gasteiger partial charge in [-0.1, -0.05) is 36.4 Å². The molecule has 0 saturated heterocycles. The number of aliphatic hydroxyl groups is 2. The molecule has 19 heavy (non-hydrogen) atoms. The molecule has 2 rings (SSSR count). The molecule has 3 nitrogen and oxygen atoms in total. The molecular weight excluding hydrogens is 240 g/mol. The molecule has 0 bridgehead atoms. The van der Waals surface area contributed by atoms with Crippen LogP contribution in [0.1, 0.15) is 29.6 Å². The van der Waals surface area contributed by atoms with Crippen LogP contribution in [0, 0.1) is 0 Å². The van der Waals surface area contributed by atoms with Crippen molar-refractivity contribution < 1.29 is 14.6 Å². The first-order valence-electron chi connectivity index (χ1n) is 6.40. The summed E-state index contributed by atoms with van der Waals surface area (Å²) in [6.07, 6.45) is 4.17. The Kier molecular flexibility index (Phi) is 4.95. The summed E-state index contributed by atoms with van der Waals surface area (Å²) in [5.41, 5.74) is 1.04. The number of furan rings is 1. The quantitative estimate of drug-likeness (QED) is 0.837. The topological polar surface area (TPSA) is 53.6 Å². The highest BCUT2D eigenvalue weighted by molar-refractivity contribution is 5.49. The predicted octanol–water partition coefficient (Wildman–Crippen LogP) is 2.95. The van der Waals surface area contributed by atoms with E-state index in [0.717, 1.165) is 11.3 Å². The number of aliphatic hydroxyl groups excluding tert-OH is 2. The first-order chi connectivity index (χ1) is 9.29. The van der Waals surface area contributed by atoms with Crippen LogP contribution in [0.25, 0.3) is 6.08 Å². The molecule has 0 aliphatic carbocycles. The van der Waals surface area contributed by atoms with Crippen LogP contribution in [-0.4, -0.2) is 16.8 Å². The molecule has 1 aromatic carbocycles. The van der Waals surface area contributed by atoms with Crippen LogP contribution >= 0.6 is 0 Å². The predicted molar refractivity (Wildman–Crippen MR) is 74.6 cm³/mol. The van der Waals surface area contributed by atoms with Crippen LogP contribution in [-0.2, 0) is 6.42 Å². The molecule has 0 fully saturated rings. The maximum absolute atomic E-state index is 9.99. The van der Waals surface area contributed by atoms with Gasteiger partial charge in [-0.15, -0.1) is 0 Å². The lowest BCUT2D eigenvalue weighted by Gasteiger charge is -2.01. The van der Waals surface area contributed by atoms with Crippen LogP contribution in [0.5, 0.6) is 0 Å². The zero-order valence-corrected chi connectivity index (χ0v) is 10.7. The fraction of sp³-hybridized carbons (Fsp3) is 0.250. The fourth-order valence-corrected chi connectivity index (χ4v) is 1.80. The molecule has 0 saturated carbocycles. The summed E-state index contributed by atoms with van der Waals surface area (Å²) in [4.78, 5) is 0. The van der Waals surface area contributed by atoms with Crippen molar-refractivity contribution in [1.82, 2.24) is 0 Å². The van der Waals surface area contributed by atoms with Crippen molar-refractivity contribution in [1.29, 1.82) is 0 Å². The van der Waals surface area contributed by atoms with Crippen LogP contribution < -0.4 is 0 Å². The molecule has 2 aromatic rings. The summed E-state index contributed by atoms with van der Waals surface area (Å²) in [5, 5.41) is 18.7. The van der Waals surface area contributed by atoms with Crippen LogP contribution in [0.3, 0.4) is 0 Å². The zero-order chi connectivity index (χ0) is 13.5. The average molecular weight is 258 g/mol. The van der Waals surface area contributed by atoms with Crippen molar-refractivity contribution >= 4 is 6.08 Å². The monoisotopic (exact) mass is 258 g/mol. The van der Waals surface area contributed by atoms with Gasteiger partial charge < -0.3 is 14.6 Å². The summed E-state index contributed by atoms with van der Waals surface area (Å²) < 4.78 is 5.52. The summed E-state index contributed by atoms with van der Waals surface area (Å²) in [5.74, 6) is 1.32. The van der Waals surface area contributed by atoms with Crippen molar-refractivity contribution in [2.24, 2.45) is 0 Å². The Hall–Kier alpha value is -1.84. The molecule has 0 aliphatic heterocycles. The number of hydrogen-bond acceptors (Lipinski definition) is 3. The Morgan fingerprint density at radius 2 is 1.89 bits per heavy atom. The van der Waals surface area contributed by atoms with Gasteiger partial charge in [0.05, 0.1) is 0 Å². The summed E-state index contributed by atoms with van der Waals surface area (Å²) in [6.45, 7) is 0.145. The summed E-state index contributed by atoms with van der Waals surface area (Å²) in [6, 6.07) is 13.4. The molecule has 1 heterocycles. The SMILES string of the molecule is OCCCc1ccc(C(O)/C=C/c2ccccc2)o1. The van der Waals surface area contributed by atoms with E-state index >= 15 is 0 Å². The first kappa shape index (κ1) is 13.6. The van der Waals surface area contributed by atoms with E-state index in [1.165, 1.54) is 0 Å². The molecule has 0 aliphatic rings. The summed E-state index contributed by atoms with van der Waals surface area (Å²) in [7, 11) is 0. The maximum atomic E-state index is 9.99. The maximum Gasteiger partial charge on any atom is 0.136 e. The normalized spacial score (nSPS) is 12.9. The van der Waals surface area contributed by atoms with Gasteiger partial charge in [0, 0.05) is 13.0 Å². The lowest BCUT2D eigenvalue weighted by atomic mass is 10.1. The Labute approximate surface area is 112 Å². The number of aryl methyl sites for hydroxylation is 1. The van der Waals surface area contributed by atoms with E-state index in [-0.39, 0.29) is 6.61 Å². The lowest BCUT2D eigenvalue weighted by molar-refractivity contribution is 0.194. The van der Waals surface area contributed by atoms with Gasteiger partial charge in [0.25, 0.3) is 0 Å². The second-order valence-electron chi connectivity index (χ2n) is 4.35. The van der Waals surface area contributed by atoms with Crippen molar-refractivity contribution in [3.8, 4) is 0 Å². The second-order valence-corrected chi connectivity index (χ2v) is 4.35. The number of benzene rings is 1. The van der Waals surface area contributed by atoms with E-state index in [2.05, 4.69) is 0 Å². The van der Waals surface area contributed by atoms with Gasteiger partial charge in [-0.2, -0.15) is 0 Å². The van der Waals surface area contributed by atoms with Gasteiger partial charge in [-0.25, -0.2) is 0 Å². The highest BCUT2D eigenvalue weighted by atomic mass is 16.4. The van der Waals surface area contributed by atoms with E-state index in [1.54, 1.807) is 12.1 Å². The van der Waals surface area contributed by atoms with Gasteiger partial charge in [0.2, 0.25) is 0 Å². The van der Waals surface area contributed by atoms with Crippen LogP contribution in [0.15, 0.2) is 53.0 Å². The largest absolute Gasteiger partial charge is 0.463 e.